The van der Waals surface area contributed by atoms with Crippen molar-refractivity contribution in [3.8, 4) is 5.75 Å². The van der Waals surface area contributed by atoms with Crippen LogP contribution in [0.2, 0.25) is 0 Å². The zero-order chi connectivity index (χ0) is 52.9. The van der Waals surface area contributed by atoms with Crippen molar-refractivity contribution in [1.29, 1.82) is 0 Å². The highest BCUT2D eigenvalue weighted by Crippen LogP contribution is 2.59. The van der Waals surface area contributed by atoms with Crippen molar-refractivity contribution >= 4 is 51.2 Å². The summed E-state index contributed by atoms with van der Waals surface area (Å²) in [6, 6.07) is 40.0. The van der Waals surface area contributed by atoms with Crippen LogP contribution in [0.3, 0.4) is 0 Å². The molecule has 0 radical (unpaired) electrons. The first-order valence-electron chi connectivity index (χ1n) is 20.1. The lowest BCUT2D eigenvalue weighted by Gasteiger charge is -2.44. The minimum absolute atomic E-state index is 0.365. The number of benzene rings is 8. The smallest absolute Gasteiger partial charge is 0.200 e. The Morgan fingerprint density at radius 3 is 0.681 bits per heavy atom. The number of phenolic OH excluding ortho intramolecular Hbond substituents is 1. The lowest BCUT2D eigenvalue weighted by molar-refractivity contribution is 0.378. The molecular formula is C49H22BF20OP. The van der Waals surface area contributed by atoms with E-state index in [0.29, 0.717) is 5.75 Å². The lowest BCUT2D eigenvalue weighted by Crippen LogP contribution is -2.81. The zero-order valence-electron chi connectivity index (χ0n) is 35.2. The van der Waals surface area contributed by atoms with Gasteiger partial charge in [0.05, 0.1) is 0 Å². The largest absolute Gasteiger partial charge is 0.508 e. The molecule has 0 aromatic heterocycles. The van der Waals surface area contributed by atoms with Crippen LogP contribution in [0.15, 0.2) is 115 Å². The second kappa shape index (κ2) is 20.0. The molecule has 8 aromatic carbocycles. The van der Waals surface area contributed by atoms with Crippen molar-refractivity contribution in [3.63, 3.8) is 0 Å². The van der Waals surface area contributed by atoms with Gasteiger partial charge in [-0.15, -0.1) is 21.9 Å². The molecule has 0 atom stereocenters. The van der Waals surface area contributed by atoms with Gasteiger partial charge in [-0.25, -0.2) is 87.8 Å². The van der Waals surface area contributed by atoms with Crippen LogP contribution in [0.1, 0.15) is 5.56 Å². The van der Waals surface area contributed by atoms with E-state index in [0.717, 1.165) is 11.7 Å². The molecule has 23 heteroatoms. The van der Waals surface area contributed by atoms with E-state index in [1.165, 1.54) is 15.9 Å². The summed E-state index contributed by atoms with van der Waals surface area (Å²) in [5.41, 5.74) is -13.3. The Morgan fingerprint density at radius 2 is 0.458 bits per heavy atom. The second-order valence-corrected chi connectivity index (χ2v) is 18.9. The Labute approximate surface area is 392 Å². The van der Waals surface area contributed by atoms with E-state index in [2.05, 4.69) is 91.0 Å². The third kappa shape index (κ3) is 8.18. The third-order valence-corrected chi connectivity index (χ3v) is 16.1. The fraction of sp³-hybridized carbons (Fsp3) is 0.0204. The van der Waals surface area contributed by atoms with E-state index in [1.807, 2.05) is 18.2 Å². The molecule has 0 fully saturated rings. The summed E-state index contributed by atoms with van der Waals surface area (Å²) in [6.07, 6.45) is -6.43. The van der Waals surface area contributed by atoms with Crippen molar-refractivity contribution in [1.82, 2.24) is 0 Å². The van der Waals surface area contributed by atoms with Crippen molar-refractivity contribution in [2.75, 3.05) is 0 Å². The van der Waals surface area contributed by atoms with Gasteiger partial charge < -0.3 is 5.11 Å². The maximum atomic E-state index is 15.4. The maximum Gasteiger partial charge on any atom is 0.200 e. The molecule has 0 amide bonds. The molecule has 0 aliphatic rings. The van der Waals surface area contributed by atoms with Gasteiger partial charge in [-0.1, -0.05) is 72.8 Å². The molecule has 0 aliphatic heterocycles. The van der Waals surface area contributed by atoms with Crippen LogP contribution in [-0.2, 0) is 6.16 Å². The Morgan fingerprint density at radius 1 is 0.264 bits per heavy atom. The molecule has 8 aromatic rings. The Kier molecular flexibility index (Phi) is 14.6. The van der Waals surface area contributed by atoms with E-state index in [9.17, 15) is 57.8 Å². The van der Waals surface area contributed by atoms with Crippen LogP contribution in [-0.4, -0.2) is 11.3 Å². The molecule has 0 aliphatic carbocycles. The van der Waals surface area contributed by atoms with Gasteiger partial charge in [0.25, 0.3) is 0 Å². The van der Waals surface area contributed by atoms with Gasteiger partial charge in [0, 0.05) is 5.56 Å². The summed E-state index contributed by atoms with van der Waals surface area (Å²) >= 11 is 0. The molecule has 0 saturated heterocycles. The monoisotopic (exact) mass is 1050 g/mol. The van der Waals surface area contributed by atoms with E-state index in [-0.39, 0.29) is 0 Å². The zero-order valence-corrected chi connectivity index (χ0v) is 36.1. The van der Waals surface area contributed by atoms with Crippen LogP contribution in [0.25, 0.3) is 0 Å². The molecule has 0 unspecified atom stereocenters. The molecule has 0 bridgehead atoms. The van der Waals surface area contributed by atoms with Crippen LogP contribution >= 0.6 is 7.26 Å². The SMILES string of the molecule is Fc1c(F)c(F)c([B-](c2c(F)c(F)c(F)c(F)c2F)(c2c(F)c(F)c(F)c(F)c2F)c2c(F)c(F)c(F)c(F)c2F)c(F)c1F.Oc1ccccc1C[P+](c1ccccc1)(c1ccccc1)c1ccccc1. The van der Waals surface area contributed by atoms with Crippen LogP contribution < -0.4 is 37.8 Å². The van der Waals surface area contributed by atoms with Crippen molar-refractivity contribution in [3.05, 3.63) is 237 Å². The first-order valence-corrected chi connectivity index (χ1v) is 22.0. The Hall–Kier alpha value is -7.35. The molecule has 1 N–H and O–H groups in total. The molecule has 8 rings (SSSR count). The minimum atomic E-state index is -7.22. The van der Waals surface area contributed by atoms with E-state index in [1.54, 1.807) is 6.07 Å². The second-order valence-electron chi connectivity index (χ2n) is 15.4. The molecule has 72 heavy (non-hydrogen) atoms. The van der Waals surface area contributed by atoms with Crippen molar-refractivity contribution in [2.24, 2.45) is 0 Å². The predicted octanol–water partition coefficient (Wildman–Crippen LogP) is 10.7. The number of phenols is 1. The molecule has 0 saturated carbocycles. The summed E-state index contributed by atoms with van der Waals surface area (Å²) in [5.74, 6) is -71.0. The van der Waals surface area contributed by atoms with Gasteiger partial charge in [0.1, 0.15) is 87.8 Å². The Balaban J connectivity index is 0.000000238. The highest BCUT2D eigenvalue weighted by atomic mass is 31.2. The van der Waals surface area contributed by atoms with Crippen LogP contribution in [0.5, 0.6) is 5.75 Å². The highest BCUT2D eigenvalue weighted by molar-refractivity contribution is 7.95. The summed E-state index contributed by atoms with van der Waals surface area (Å²) in [4.78, 5) is 0. The van der Waals surface area contributed by atoms with Crippen molar-refractivity contribution in [2.45, 2.75) is 6.16 Å². The van der Waals surface area contributed by atoms with E-state index >= 15 is 35.1 Å². The average Bonchev–Trinajstić information content (AvgIpc) is 3.39. The third-order valence-electron chi connectivity index (χ3n) is 11.7. The quantitative estimate of drug-likeness (QED) is 0.0502. The number of hydrogen-bond donors (Lipinski definition) is 1. The highest BCUT2D eigenvalue weighted by Gasteiger charge is 2.52. The van der Waals surface area contributed by atoms with Gasteiger partial charge in [-0.05, 0) is 42.5 Å². The van der Waals surface area contributed by atoms with Crippen LogP contribution in [0.4, 0.5) is 87.8 Å². The molecule has 0 heterocycles. The first-order chi connectivity index (χ1) is 34.0. The number of hydrogen-bond acceptors (Lipinski definition) is 1. The molecular weight excluding hydrogens is 1030 g/mol. The van der Waals surface area contributed by atoms with Gasteiger partial charge >= 0.3 is 0 Å². The summed E-state index contributed by atoms with van der Waals surface area (Å²) in [5, 5.41) is 14.5. The number of para-hydroxylation sites is 1. The fourth-order valence-electron chi connectivity index (χ4n) is 8.54. The average molecular weight is 1050 g/mol. The molecule has 372 valence electrons. The lowest BCUT2D eigenvalue weighted by atomic mass is 9.12. The normalized spacial score (nSPS) is 11.7. The molecule has 0 spiro atoms. The van der Waals surface area contributed by atoms with Gasteiger partial charge in [0.2, 0.25) is 0 Å². The maximum absolute atomic E-state index is 15.4. The van der Waals surface area contributed by atoms with Gasteiger partial charge in [-0.2, -0.15) is 0 Å². The summed E-state index contributed by atoms with van der Waals surface area (Å²) in [7, 11) is -1.96. The topological polar surface area (TPSA) is 20.2 Å². The number of halogens is 20. The van der Waals surface area contributed by atoms with Crippen molar-refractivity contribution < 1.29 is 92.9 Å². The van der Waals surface area contributed by atoms with Crippen LogP contribution in [0, 0.1) is 116 Å². The standard InChI is InChI=1S/C25H21OP.C24BF20/c26-25-19-11-10-12-21(25)20-27(22-13-4-1-5-14-22,23-15-6-2-7-16-23)24-17-8-3-9-18-24;26-5-1(6(27)14(35)21(42)13(5)34)25(2-7(28)15(36)22(43)16(37)8(2)29,3-9(30)17(38)23(44)18(39)10(3)31)4-11(32)19(40)24(45)20(41)12(4)33/h1-19H,20H2;/q;-1/p+1. The number of aromatic hydroxyl groups is 1. The fourth-order valence-corrected chi connectivity index (χ4v) is 12.8. The summed E-state index contributed by atoms with van der Waals surface area (Å²) in [6.45, 7) is 0. The summed E-state index contributed by atoms with van der Waals surface area (Å²) < 4.78 is 294. The molecule has 1 nitrogen and oxygen atoms in total. The minimum Gasteiger partial charge on any atom is -0.508 e. The van der Waals surface area contributed by atoms with E-state index in [4.69, 9.17) is 0 Å². The van der Waals surface area contributed by atoms with Gasteiger partial charge in [0.15, 0.2) is 69.8 Å². The van der Waals surface area contributed by atoms with E-state index < -0.39 is 152 Å². The first kappa shape index (κ1) is 52.5. The Bertz CT molecular complexity index is 2920. The van der Waals surface area contributed by atoms with Gasteiger partial charge in [-0.3, -0.25) is 0 Å². The predicted molar refractivity (Wildman–Crippen MR) is 226 cm³/mol. The number of rotatable bonds is 9.